The molecule has 2 N–H and O–H groups in total. The maximum Gasteiger partial charge on any atom is 0.490 e. The predicted octanol–water partition coefficient (Wildman–Crippen LogP) is 1.76. The number of alkyl halides is 3. The maximum absolute atomic E-state index is 12.1. The first-order chi connectivity index (χ1) is 12.6. The number of thiazole rings is 1. The lowest BCUT2D eigenvalue weighted by Crippen LogP contribution is -2.31. The first-order valence-electron chi connectivity index (χ1n) is 7.78. The Labute approximate surface area is 156 Å². The second kappa shape index (κ2) is 8.48. The van der Waals surface area contributed by atoms with Crippen molar-refractivity contribution in [3.05, 3.63) is 33.5 Å². The number of carbonyl (C=O) groups excluding carboxylic acids is 1. The molecule has 1 aliphatic heterocycles. The molecule has 27 heavy (non-hydrogen) atoms. The Morgan fingerprint density at radius 1 is 1.41 bits per heavy atom. The first-order valence-corrected chi connectivity index (χ1v) is 8.66. The van der Waals surface area contributed by atoms with Crippen molar-refractivity contribution >= 4 is 23.2 Å². The van der Waals surface area contributed by atoms with Gasteiger partial charge in [-0.15, -0.1) is 11.3 Å². The number of aromatic nitrogens is 3. The van der Waals surface area contributed by atoms with Crippen molar-refractivity contribution in [3.63, 3.8) is 0 Å². The molecule has 0 spiro atoms. The van der Waals surface area contributed by atoms with Crippen LogP contribution < -0.4 is 0 Å². The molecular formula is C15H18F3N5O3S. The van der Waals surface area contributed by atoms with E-state index in [4.69, 9.17) is 9.90 Å². The molecule has 1 amide bonds. The van der Waals surface area contributed by atoms with Gasteiger partial charge in [0.2, 0.25) is 0 Å². The van der Waals surface area contributed by atoms with E-state index in [0.29, 0.717) is 5.69 Å². The number of rotatable bonds is 3. The number of nitrogens with zero attached hydrogens (tertiary/aromatic N) is 4. The second-order valence-corrected chi connectivity index (χ2v) is 6.90. The number of carboxylic acids is 1. The molecule has 0 aromatic carbocycles. The summed E-state index contributed by atoms with van der Waals surface area (Å²) in [6, 6.07) is 0. The minimum absolute atomic E-state index is 0.0430. The molecule has 3 heterocycles. The third kappa shape index (κ3) is 5.50. The van der Waals surface area contributed by atoms with Gasteiger partial charge in [0.15, 0.2) is 5.69 Å². The number of hydrogen-bond donors (Lipinski definition) is 2. The molecular weight excluding hydrogens is 387 g/mol. The molecule has 0 atom stereocenters. The van der Waals surface area contributed by atoms with Crippen molar-refractivity contribution in [2.45, 2.75) is 25.7 Å². The van der Waals surface area contributed by atoms with Gasteiger partial charge in [0.1, 0.15) is 5.01 Å². The zero-order valence-electron chi connectivity index (χ0n) is 14.6. The standard InChI is InChI=1S/C13H17N5OS.C2HF3O2/c1-17(2)13(19)12-9-7-18(5-3-10(9)15-16-12)8-11-14-4-6-20-11;3-2(4,5)1(6)7/h4,6H,3,5,7-8H2,1-2H3,(H,15,16);(H,6,7). The van der Waals surface area contributed by atoms with Gasteiger partial charge >= 0.3 is 12.1 Å². The van der Waals surface area contributed by atoms with E-state index in [0.717, 1.165) is 42.3 Å². The number of halogens is 3. The predicted molar refractivity (Wildman–Crippen MR) is 90.2 cm³/mol. The van der Waals surface area contributed by atoms with Gasteiger partial charge in [0.05, 0.1) is 6.54 Å². The summed E-state index contributed by atoms with van der Waals surface area (Å²) >= 11 is 1.66. The average Bonchev–Trinajstić information content (AvgIpc) is 3.23. The third-order valence-electron chi connectivity index (χ3n) is 3.71. The van der Waals surface area contributed by atoms with E-state index in [2.05, 4.69) is 20.1 Å². The van der Waals surface area contributed by atoms with Crippen LogP contribution in [0.4, 0.5) is 13.2 Å². The van der Waals surface area contributed by atoms with Crippen molar-refractivity contribution in [1.82, 2.24) is 25.0 Å². The Bertz CT molecular complexity index is 789. The minimum Gasteiger partial charge on any atom is -0.475 e. The van der Waals surface area contributed by atoms with E-state index in [1.807, 2.05) is 11.6 Å². The van der Waals surface area contributed by atoms with Crippen LogP contribution in [0.2, 0.25) is 0 Å². The summed E-state index contributed by atoms with van der Waals surface area (Å²) in [4.78, 5) is 29.2. The molecule has 148 valence electrons. The van der Waals surface area contributed by atoms with Gasteiger partial charge in [0, 0.05) is 56.4 Å². The Kier molecular flexibility index (Phi) is 6.54. The number of carboxylic acid groups (broad SMARTS) is 1. The quantitative estimate of drug-likeness (QED) is 0.807. The normalized spacial score (nSPS) is 14.1. The smallest absolute Gasteiger partial charge is 0.475 e. The first kappa shape index (κ1) is 20.8. The zero-order chi connectivity index (χ0) is 20.2. The van der Waals surface area contributed by atoms with Crippen LogP contribution in [0.25, 0.3) is 0 Å². The highest BCUT2D eigenvalue weighted by Crippen LogP contribution is 2.23. The highest BCUT2D eigenvalue weighted by atomic mass is 32.1. The molecule has 0 fully saturated rings. The lowest BCUT2D eigenvalue weighted by Gasteiger charge is -2.26. The number of aliphatic carboxylic acids is 1. The highest BCUT2D eigenvalue weighted by molar-refractivity contribution is 7.09. The lowest BCUT2D eigenvalue weighted by molar-refractivity contribution is -0.192. The van der Waals surface area contributed by atoms with Crippen LogP contribution in [0, 0.1) is 0 Å². The Balaban J connectivity index is 0.000000321. The van der Waals surface area contributed by atoms with Crippen LogP contribution in [0.3, 0.4) is 0 Å². The van der Waals surface area contributed by atoms with E-state index in [1.54, 1.807) is 30.3 Å². The van der Waals surface area contributed by atoms with Gasteiger partial charge in [-0.3, -0.25) is 14.8 Å². The number of H-pyrrole nitrogens is 1. The van der Waals surface area contributed by atoms with Crippen LogP contribution in [0.1, 0.15) is 26.8 Å². The van der Waals surface area contributed by atoms with E-state index >= 15 is 0 Å². The summed E-state index contributed by atoms with van der Waals surface area (Å²) in [6.45, 7) is 2.54. The Hall–Kier alpha value is -2.47. The highest BCUT2D eigenvalue weighted by Gasteiger charge is 2.38. The van der Waals surface area contributed by atoms with Gasteiger partial charge < -0.3 is 10.0 Å². The molecule has 1 aliphatic rings. The van der Waals surface area contributed by atoms with Crippen molar-refractivity contribution in [3.8, 4) is 0 Å². The van der Waals surface area contributed by atoms with E-state index in [-0.39, 0.29) is 5.91 Å². The molecule has 0 aliphatic carbocycles. The van der Waals surface area contributed by atoms with Crippen molar-refractivity contribution in [2.75, 3.05) is 20.6 Å². The Morgan fingerprint density at radius 3 is 2.59 bits per heavy atom. The van der Waals surface area contributed by atoms with Gasteiger partial charge in [-0.25, -0.2) is 9.78 Å². The summed E-state index contributed by atoms with van der Waals surface area (Å²) < 4.78 is 31.7. The summed E-state index contributed by atoms with van der Waals surface area (Å²) in [5, 5.41) is 17.4. The van der Waals surface area contributed by atoms with Crippen molar-refractivity contribution in [1.29, 1.82) is 0 Å². The fraction of sp³-hybridized carbons (Fsp3) is 0.467. The average molecular weight is 405 g/mol. The zero-order valence-corrected chi connectivity index (χ0v) is 15.4. The molecule has 2 aromatic rings. The van der Waals surface area contributed by atoms with Gasteiger partial charge in [-0.1, -0.05) is 0 Å². The van der Waals surface area contributed by atoms with Crippen LogP contribution in [-0.2, 0) is 24.3 Å². The van der Waals surface area contributed by atoms with Crippen LogP contribution in [-0.4, -0.2) is 68.8 Å². The van der Waals surface area contributed by atoms with E-state index < -0.39 is 12.1 Å². The number of amides is 1. The molecule has 12 heteroatoms. The fourth-order valence-corrected chi connectivity index (χ4v) is 3.05. The molecule has 0 saturated heterocycles. The molecule has 0 unspecified atom stereocenters. The largest absolute Gasteiger partial charge is 0.490 e. The third-order valence-corrected chi connectivity index (χ3v) is 4.47. The molecule has 0 bridgehead atoms. The minimum atomic E-state index is -5.08. The number of aromatic amines is 1. The summed E-state index contributed by atoms with van der Waals surface area (Å²) in [5.41, 5.74) is 2.67. The van der Waals surface area contributed by atoms with E-state index in [9.17, 15) is 18.0 Å². The SMILES string of the molecule is CN(C)C(=O)c1n[nH]c2c1CN(Cc1nccs1)CC2.O=C(O)C(F)(F)F. The molecule has 2 aromatic heterocycles. The van der Waals surface area contributed by atoms with Gasteiger partial charge in [-0.2, -0.15) is 18.3 Å². The van der Waals surface area contributed by atoms with E-state index in [1.165, 1.54) is 0 Å². The number of carbonyl (C=O) groups is 2. The molecule has 8 nitrogen and oxygen atoms in total. The molecule has 0 saturated carbocycles. The lowest BCUT2D eigenvalue weighted by atomic mass is 10.0. The monoisotopic (exact) mass is 405 g/mol. The maximum atomic E-state index is 12.1. The number of nitrogens with one attached hydrogen (secondary N) is 1. The Morgan fingerprint density at radius 2 is 2.07 bits per heavy atom. The van der Waals surface area contributed by atoms with Crippen molar-refractivity contribution in [2.24, 2.45) is 0 Å². The second-order valence-electron chi connectivity index (χ2n) is 5.92. The topological polar surface area (TPSA) is 102 Å². The molecule has 0 radical (unpaired) electrons. The van der Waals surface area contributed by atoms with Gasteiger partial charge in [-0.05, 0) is 0 Å². The van der Waals surface area contributed by atoms with Crippen LogP contribution >= 0.6 is 11.3 Å². The fourth-order valence-electron chi connectivity index (χ4n) is 2.40. The van der Waals surface area contributed by atoms with Crippen LogP contribution in [0.15, 0.2) is 11.6 Å². The number of hydrogen-bond acceptors (Lipinski definition) is 6. The van der Waals surface area contributed by atoms with Crippen LogP contribution in [0.5, 0.6) is 0 Å². The number of fused-ring (bicyclic) bond motifs is 1. The van der Waals surface area contributed by atoms with Gasteiger partial charge in [0.25, 0.3) is 5.91 Å². The summed E-state index contributed by atoms with van der Waals surface area (Å²) in [6.07, 6.45) is -2.36. The van der Waals surface area contributed by atoms with Crippen molar-refractivity contribution < 1.29 is 27.9 Å². The summed E-state index contributed by atoms with van der Waals surface area (Å²) in [7, 11) is 3.50. The molecule has 3 rings (SSSR count). The summed E-state index contributed by atoms with van der Waals surface area (Å²) in [5.74, 6) is -2.80.